The van der Waals surface area contributed by atoms with Crippen molar-refractivity contribution in [3.05, 3.63) is 34.6 Å². The van der Waals surface area contributed by atoms with Gasteiger partial charge in [0, 0.05) is 38.4 Å². The molecule has 1 aliphatic heterocycles. The van der Waals surface area contributed by atoms with Gasteiger partial charge in [0.15, 0.2) is 0 Å². The van der Waals surface area contributed by atoms with E-state index < -0.39 is 5.82 Å². The largest absolute Gasteiger partial charge is 0.385 e. The molecule has 0 aromatic heterocycles. The minimum atomic E-state index is -0.394. The predicted octanol–water partition coefficient (Wildman–Crippen LogP) is 2.43. The highest BCUT2D eigenvalue weighted by Gasteiger charge is 2.23. The monoisotopic (exact) mass is 330 g/mol. The van der Waals surface area contributed by atoms with Gasteiger partial charge in [-0.3, -0.25) is 0 Å². The number of nitrogens with zero attached hydrogens (tertiary/aromatic N) is 1. The first-order chi connectivity index (χ1) is 10.6. The number of morpholine rings is 1. The summed E-state index contributed by atoms with van der Waals surface area (Å²) in [6.45, 7) is 2.46. The number of methoxy groups -OCH3 is 1. The second kappa shape index (κ2) is 8.31. The quantitative estimate of drug-likeness (QED) is 0.902. The van der Waals surface area contributed by atoms with Crippen LogP contribution in [0.25, 0.3) is 0 Å². The lowest BCUT2D eigenvalue weighted by molar-refractivity contribution is -0.0276. The molecule has 0 bridgehead atoms. The Morgan fingerprint density at radius 3 is 3.14 bits per heavy atom. The maximum atomic E-state index is 13.0. The molecule has 5 nitrogen and oxygen atoms in total. The number of nitrogens with one attached hydrogen (secondary N) is 1. The van der Waals surface area contributed by atoms with Crippen molar-refractivity contribution in [1.29, 1.82) is 0 Å². The summed E-state index contributed by atoms with van der Waals surface area (Å²) in [4.78, 5) is 13.9. The Morgan fingerprint density at radius 1 is 1.59 bits per heavy atom. The predicted molar refractivity (Wildman–Crippen MR) is 81.5 cm³/mol. The Morgan fingerprint density at radius 2 is 2.41 bits per heavy atom. The summed E-state index contributed by atoms with van der Waals surface area (Å²) >= 11 is 5.94. The van der Waals surface area contributed by atoms with Crippen LogP contribution < -0.4 is 5.32 Å². The SMILES string of the molecule is COCC[C@H]1CN(C(=O)NCc2ccc(F)cc2Cl)CCO1. The van der Waals surface area contributed by atoms with Crippen molar-refractivity contribution in [2.45, 2.75) is 19.1 Å². The lowest BCUT2D eigenvalue weighted by Crippen LogP contribution is -2.49. The molecule has 122 valence electrons. The molecule has 0 saturated carbocycles. The number of hydrogen-bond acceptors (Lipinski definition) is 3. The van der Waals surface area contributed by atoms with E-state index >= 15 is 0 Å². The third-order valence-electron chi connectivity index (χ3n) is 3.52. The smallest absolute Gasteiger partial charge is 0.317 e. The van der Waals surface area contributed by atoms with Crippen molar-refractivity contribution in [2.75, 3.05) is 33.4 Å². The standard InChI is InChI=1S/C15H20ClFN2O3/c1-21-6-4-13-10-19(5-7-22-13)15(20)18-9-11-2-3-12(17)8-14(11)16/h2-3,8,13H,4-7,9-10H2,1H3,(H,18,20)/t13-/m0/s1. The van der Waals surface area contributed by atoms with Crippen molar-refractivity contribution in [3.8, 4) is 0 Å². The number of amides is 2. The fourth-order valence-electron chi connectivity index (χ4n) is 2.28. The Kier molecular flexibility index (Phi) is 6.42. The highest BCUT2D eigenvalue weighted by atomic mass is 35.5. The lowest BCUT2D eigenvalue weighted by atomic mass is 10.2. The first-order valence-corrected chi connectivity index (χ1v) is 7.55. The zero-order valence-corrected chi connectivity index (χ0v) is 13.2. The van der Waals surface area contributed by atoms with E-state index in [0.717, 1.165) is 6.42 Å². The molecule has 2 amide bonds. The van der Waals surface area contributed by atoms with Crippen LogP contribution in [0, 0.1) is 5.82 Å². The molecule has 1 N–H and O–H groups in total. The summed E-state index contributed by atoms with van der Waals surface area (Å²) < 4.78 is 23.6. The molecule has 0 aliphatic carbocycles. The van der Waals surface area contributed by atoms with E-state index in [2.05, 4.69) is 5.32 Å². The highest BCUT2D eigenvalue weighted by molar-refractivity contribution is 6.31. The zero-order valence-electron chi connectivity index (χ0n) is 12.5. The fraction of sp³-hybridized carbons (Fsp3) is 0.533. The lowest BCUT2D eigenvalue weighted by Gasteiger charge is -2.33. The molecule has 1 heterocycles. The number of carbonyl (C=O) groups is 1. The molecule has 1 atom stereocenters. The second-order valence-corrected chi connectivity index (χ2v) is 5.52. The van der Waals surface area contributed by atoms with Crippen molar-refractivity contribution in [3.63, 3.8) is 0 Å². The van der Waals surface area contributed by atoms with Crippen LogP contribution in [0.4, 0.5) is 9.18 Å². The van der Waals surface area contributed by atoms with Gasteiger partial charge < -0.3 is 19.7 Å². The van der Waals surface area contributed by atoms with E-state index in [9.17, 15) is 9.18 Å². The van der Waals surface area contributed by atoms with Crippen LogP contribution in [0.5, 0.6) is 0 Å². The van der Waals surface area contributed by atoms with E-state index in [1.54, 1.807) is 18.1 Å². The normalized spacial score (nSPS) is 18.3. The Bertz CT molecular complexity index is 516. The summed E-state index contributed by atoms with van der Waals surface area (Å²) in [7, 11) is 1.64. The molecule has 1 aliphatic rings. The van der Waals surface area contributed by atoms with Gasteiger partial charge in [0.05, 0.1) is 12.7 Å². The number of hydrogen-bond donors (Lipinski definition) is 1. The summed E-state index contributed by atoms with van der Waals surface area (Å²) in [5.41, 5.74) is 0.681. The molecular weight excluding hydrogens is 311 g/mol. The van der Waals surface area contributed by atoms with E-state index in [-0.39, 0.29) is 18.7 Å². The Balaban J connectivity index is 1.83. The van der Waals surface area contributed by atoms with Crippen LogP contribution >= 0.6 is 11.6 Å². The molecule has 1 fully saturated rings. The number of ether oxygens (including phenoxy) is 2. The average Bonchev–Trinajstić information content (AvgIpc) is 2.52. The molecule has 2 rings (SSSR count). The summed E-state index contributed by atoms with van der Waals surface area (Å²) in [6, 6.07) is 3.95. The van der Waals surface area contributed by atoms with Gasteiger partial charge in [0.25, 0.3) is 0 Å². The van der Waals surface area contributed by atoms with E-state index in [4.69, 9.17) is 21.1 Å². The molecular formula is C15H20ClFN2O3. The third kappa shape index (κ3) is 4.83. The summed E-state index contributed by atoms with van der Waals surface area (Å²) in [5, 5.41) is 3.10. The van der Waals surface area contributed by atoms with Crippen molar-refractivity contribution in [1.82, 2.24) is 10.2 Å². The summed E-state index contributed by atoms with van der Waals surface area (Å²) in [5.74, 6) is -0.394. The van der Waals surface area contributed by atoms with E-state index in [1.165, 1.54) is 12.1 Å². The van der Waals surface area contributed by atoms with E-state index in [1.807, 2.05) is 0 Å². The van der Waals surface area contributed by atoms with Crippen LogP contribution in [0.3, 0.4) is 0 Å². The molecule has 0 spiro atoms. The molecule has 0 unspecified atom stereocenters. The number of rotatable bonds is 5. The average molecular weight is 331 g/mol. The number of urea groups is 1. The maximum absolute atomic E-state index is 13.0. The van der Waals surface area contributed by atoms with E-state index in [0.29, 0.717) is 36.9 Å². The number of benzene rings is 1. The number of carbonyl (C=O) groups excluding carboxylic acids is 1. The second-order valence-electron chi connectivity index (χ2n) is 5.11. The van der Waals surface area contributed by atoms with Crippen LogP contribution in [0.1, 0.15) is 12.0 Å². The molecule has 1 aromatic carbocycles. The van der Waals surface area contributed by atoms with Gasteiger partial charge in [-0.15, -0.1) is 0 Å². The van der Waals surface area contributed by atoms with Crippen LogP contribution in [0.15, 0.2) is 18.2 Å². The number of halogens is 2. The Labute approximate surface area is 134 Å². The fourth-order valence-corrected chi connectivity index (χ4v) is 2.51. The van der Waals surface area contributed by atoms with Crippen molar-refractivity contribution in [2.24, 2.45) is 0 Å². The van der Waals surface area contributed by atoms with Crippen LogP contribution in [-0.2, 0) is 16.0 Å². The maximum Gasteiger partial charge on any atom is 0.317 e. The van der Waals surface area contributed by atoms with Gasteiger partial charge in [-0.1, -0.05) is 17.7 Å². The summed E-state index contributed by atoms with van der Waals surface area (Å²) in [6.07, 6.45) is 0.748. The molecule has 22 heavy (non-hydrogen) atoms. The first-order valence-electron chi connectivity index (χ1n) is 7.17. The first kappa shape index (κ1) is 17.0. The molecule has 7 heteroatoms. The van der Waals surface area contributed by atoms with Crippen molar-refractivity contribution >= 4 is 17.6 Å². The van der Waals surface area contributed by atoms with Gasteiger partial charge in [-0.05, 0) is 24.1 Å². The molecule has 1 aromatic rings. The van der Waals surface area contributed by atoms with Gasteiger partial charge in [0.2, 0.25) is 0 Å². The van der Waals surface area contributed by atoms with Gasteiger partial charge in [-0.25, -0.2) is 9.18 Å². The minimum Gasteiger partial charge on any atom is -0.385 e. The topological polar surface area (TPSA) is 50.8 Å². The van der Waals surface area contributed by atoms with Crippen molar-refractivity contribution < 1.29 is 18.7 Å². The molecule has 0 radical (unpaired) electrons. The molecule has 1 saturated heterocycles. The zero-order chi connectivity index (χ0) is 15.9. The minimum absolute atomic E-state index is 0.00569. The van der Waals surface area contributed by atoms with Crippen LogP contribution in [-0.4, -0.2) is 50.4 Å². The van der Waals surface area contributed by atoms with Gasteiger partial charge in [-0.2, -0.15) is 0 Å². The third-order valence-corrected chi connectivity index (χ3v) is 3.87. The van der Waals surface area contributed by atoms with Gasteiger partial charge in [0.1, 0.15) is 5.82 Å². The van der Waals surface area contributed by atoms with Crippen LogP contribution in [0.2, 0.25) is 5.02 Å². The van der Waals surface area contributed by atoms with Gasteiger partial charge >= 0.3 is 6.03 Å². The Hall–Kier alpha value is -1.37. The highest BCUT2D eigenvalue weighted by Crippen LogP contribution is 2.17.